The molecule has 1 amide bonds. The second-order valence-corrected chi connectivity index (χ2v) is 5.77. The van der Waals surface area contributed by atoms with Gasteiger partial charge in [-0.1, -0.05) is 30.3 Å². The minimum atomic E-state index is -0.00507. The molecule has 0 N–H and O–H groups in total. The summed E-state index contributed by atoms with van der Waals surface area (Å²) in [4.78, 5) is 18.5. The smallest absolute Gasteiger partial charge is 0.240 e. The van der Waals surface area contributed by atoms with Gasteiger partial charge in [-0.2, -0.15) is 0 Å². The molecule has 20 heavy (non-hydrogen) atoms. The first-order chi connectivity index (χ1) is 9.58. The Balaban J connectivity index is 1.89. The van der Waals surface area contributed by atoms with Crippen molar-refractivity contribution in [3.05, 3.63) is 35.9 Å². The number of carbonyl (C=O) groups is 1. The summed E-state index contributed by atoms with van der Waals surface area (Å²) in [6.07, 6.45) is 1.05. The van der Waals surface area contributed by atoms with Crippen LogP contribution in [0.15, 0.2) is 30.3 Å². The minimum absolute atomic E-state index is 0.00507. The van der Waals surface area contributed by atoms with Crippen LogP contribution < -0.4 is 0 Å². The van der Waals surface area contributed by atoms with Gasteiger partial charge in [0.25, 0.3) is 0 Å². The Morgan fingerprint density at radius 2 is 1.95 bits per heavy atom. The van der Waals surface area contributed by atoms with Crippen LogP contribution in [0.1, 0.15) is 5.56 Å². The number of hydrogen-bond acceptors (Lipinski definition) is 3. The largest absolute Gasteiger partial charge is 0.347 e. The van der Waals surface area contributed by atoms with Crippen molar-refractivity contribution in [1.82, 2.24) is 14.7 Å². The third kappa shape index (κ3) is 3.81. The van der Waals surface area contributed by atoms with E-state index in [0.29, 0.717) is 0 Å². The summed E-state index contributed by atoms with van der Waals surface area (Å²) in [5, 5.41) is 0. The van der Waals surface area contributed by atoms with E-state index in [-0.39, 0.29) is 11.9 Å². The lowest BCUT2D eigenvalue weighted by Gasteiger charge is -2.39. The third-order valence-corrected chi connectivity index (χ3v) is 4.02. The molecule has 1 aliphatic heterocycles. The van der Waals surface area contributed by atoms with Crippen molar-refractivity contribution in [3.63, 3.8) is 0 Å². The van der Waals surface area contributed by atoms with Crippen LogP contribution in [0, 0.1) is 0 Å². The summed E-state index contributed by atoms with van der Waals surface area (Å²) in [5.41, 5.74) is 1.36. The number of amides is 1. The fourth-order valence-electron chi connectivity index (χ4n) is 2.63. The van der Waals surface area contributed by atoms with E-state index in [1.165, 1.54) is 5.56 Å². The van der Waals surface area contributed by atoms with Gasteiger partial charge in [-0.05, 0) is 19.0 Å². The van der Waals surface area contributed by atoms with Crippen LogP contribution in [0.25, 0.3) is 0 Å². The number of hydrogen-bond donors (Lipinski definition) is 0. The molecule has 1 aromatic carbocycles. The van der Waals surface area contributed by atoms with E-state index in [1.807, 2.05) is 27.2 Å². The van der Waals surface area contributed by atoms with Crippen LogP contribution in [0.5, 0.6) is 0 Å². The predicted octanol–water partition coefficient (Wildman–Crippen LogP) is 0.933. The highest BCUT2D eigenvalue weighted by atomic mass is 16.2. The van der Waals surface area contributed by atoms with E-state index in [0.717, 1.165) is 32.6 Å². The Morgan fingerprint density at radius 1 is 1.25 bits per heavy atom. The van der Waals surface area contributed by atoms with Gasteiger partial charge in [0, 0.05) is 40.3 Å². The molecule has 0 spiro atoms. The fraction of sp³-hybridized carbons (Fsp3) is 0.562. The topological polar surface area (TPSA) is 26.8 Å². The minimum Gasteiger partial charge on any atom is -0.347 e. The maximum Gasteiger partial charge on any atom is 0.240 e. The van der Waals surface area contributed by atoms with Crippen molar-refractivity contribution >= 4 is 5.91 Å². The fourth-order valence-corrected chi connectivity index (χ4v) is 2.63. The number of likely N-dealkylation sites (N-methyl/N-ethyl adjacent to an activating group) is 2. The van der Waals surface area contributed by atoms with Crippen LogP contribution >= 0.6 is 0 Å². The van der Waals surface area contributed by atoms with Crippen molar-refractivity contribution in [1.29, 1.82) is 0 Å². The van der Waals surface area contributed by atoms with Gasteiger partial charge in [-0.25, -0.2) is 0 Å². The van der Waals surface area contributed by atoms with Crippen molar-refractivity contribution < 1.29 is 4.79 Å². The first-order valence-corrected chi connectivity index (χ1v) is 7.25. The molecule has 1 aromatic rings. The van der Waals surface area contributed by atoms with E-state index in [9.17, 15) is 4.79 Å². The maximum atomic E-state index is 12.2. The van der Waals surface area contributed by atoms with Gasteiger partial charge < -0.3 is 4.90 Å². The summed E-state index contributed by atoms with van der Waals surface area (Å²) in [6.45, 7) is 3.86. The first kappa shape index (κ1) is 15.0. The summed E-state index contributed by atoms with van der Waals surface area (Å²) >= 11 is 0. The Labute approximate surface area is 122 Å². The normalized spacial score (nSPS) is 20.9. The van der Waals surface area contributed by atoms with Crippen LogP contribution in [0.4, 0.5) is 0 Å². The Hall–Kier alpha value is -1.39. The highest BCUT2D eigenvalue weighted by Gasteiger charge is 2.30. The molecule has 1 aliphatic rings. The highest BCUT2D eigenvalue weighted by Crippen LogP contribution is 2.11. The van der Waals surface area contributed by atoms with Gasteiger partial charge >= 0.3 is 0 Å². The lowest BCUT2D eigenvalue weighted by atomic mass is 10.1. The Kier molecular flexibility index (Phi) is 5.15. The Morgan fingerprint density at radius 3 is 2.60 bits per heavy atom. The maximum absolute atomic E-state index is 12.2. The summed E-state index contributed by atoms with van der Waals surface area (Å²) in [6, 6.07) is 10.5. The van der Waals surface area contributed by atoms with Gasteiger partial charge in [-0.15, -0.1) is 0 Å². The quantitative estimate of drug-likeness (QED) is 0.818. The van der Waals surface area contributed by atoms with Crippen molar-refractivity contribution in [3.8, 4) is 0 Å². The van der Waals surface area contributed by atoms with Crippen LogP contribution in [0.2, 0.25) is 0 Å². The molecule has 4 nitrogen and oxygen atoms in total. The number of benzene rings is 1. The van der Waals surface area contributed by atoms with Gasteiger partial charge in [-0.3, -0.25) is 14.6 Å². The number of nitrogens with zero attached hydrogens (tertiary/aromatic N) is 3. The van der Waals surface area contributed by atoms with Crippen LogP contribution in [-0.4, -0.2) is 74.0 Å². The molecule has 1 fully saturated rings. The van der Waals surface area contributed by atoms with Crippen LogP contribution in [-0.2, 0) is 11.2 Å². The number of rotatable bonds is 4. The molecule has 1 atom stereocenters. The lowest BCUT2D eigenvalue weighted by Crippen LogP contribution is -2.57. The standard InChI is InChI=1S/C16H25N3O/c1-17(2)16(20)15-13-19(12-11-18(15)3)10-9-14-7-5-4-6-8-14/h4-8,15H,9-13H2,1-3H3/t15-/m0/s1. The zero-order valence-corrected chi connectivity index (χ0v) is 12.7. The van der Waals surface area contributed by atoms with E-state index < -0.39 is 0 Å². The first-order valence-electron chi connectivity index (χ1n) is 7.25. The van der Waals surface area contributed by atoms with Crippen molar-refractivity contribution in [2.24, 2.45) is 0 Å². The molecule has 110 valence electrons. The van der Waals surface area contributed by atoms with E-state index in [1.54, 1.807) is 4.90 Å². The third-order valence-electron chi connectivity index (χ3n) is 4.02. The second-order valence-electron chi connectivity index (χ2n) is 5.77. The molecule has 0 aromatic heterocycles. The van der Waals surface area contributed by atoms with E-state index >= 15 is 0 Å². The zero-order valence-electron chi connectivity index (χ0n) is 12.7. The van der Waals surface area contributed by atoms with Crippen molar-refractivity contribution in [2.75, 3.05) is 47.3 Å². The molecular weight excluding hydrogens is 250 g/mol. The molecule has 4 heteroatoms. The monoisotopic (exact) mass is 275 g/mol. The molecule has 0 saturated carbocycles. The molecule has 0 radical (unpaired) electrons. The summed E-state index contributed by atoms with van der Waals surface area (Å²) in [5.74, 6) is 0.205. The highest BCUT2D eigenvalue weighted by molar-refractivity contribution is 5.81. The van der Waals surface area contributed by atoms with Crippen molar-refractivity contribution in [2.45, 2.75) is 12.5 Å². The summed E-state index contributed by atoms with van der Waals surface area (Å²) < 4.78 is 0. The number of piperazine rings is 1. The second kappa shape index (κ2) is 6.86. The summed E-state index contributed by atoms with van der Waals surface area (Å²) in [7, 11) is 5.71. The SMILES string of the molecule is CN(C)C(=O)[C@@H]1CN(CCc2ccccc2)CCN1C. The van der Waals surface area contributed by atoms with E-state index in [2.05, 4.69) is 34.1 Å². The molecule has 0 aliphatic carbocycles. The molecule has 1 saturated heterocycles. The van der Waals surface area contributed by atoms with Gasteiger partial charge in [0.1, 0.15) is 6.04 Å². The Bertz CT molecular complexity index is 433. The lowest BCUT2D eigenvalue weighted by molar-refractivity contribution is -0.136. The zero-order chi connectivity index (χ0) is 14.5. The predicted molar refractivity (Wildman–Crippen MR) is 81.7 cm³/mol. The molecule has 1 heterocycles. The van der Waals surface area contributed by atoms with Gasteiger partial charge in [0.05, 0.1) is 0 Å². The van der Waals surface area contributed by atoms with Gasteiger partial charge in [0.15, 0.2) is 0 Å². The van der Waals surface area contributed by atoms with Gasteiger partial charge in [0.2, 0.25) is 5.91 Å². The molecular formula is C16H25N3O. The average Bonchev–Trinajstić information content (AvgIpc) is 2.46. The molecule has 0 bridgehead atoms. The van der Waals surface area contributed by atoms with E-state index in [4.69, 9.17) is 0 Å². The van der Waals surface area contributed by atoms with Crippen LogP contribution in [0.3, 0.4) is 0 Å². The molecule has 0 unspecified atom stereocenters. The average molecular weight is 275 g/mol. The molecule has 2 rings (SSSR count). The number of carbonyl (C=O) groups excluding carboxylic acids is 1.